The molecule has 0 aliphatic carbocycles. The highest BCUT2D eigenvalue weighted by Crippen LogP contribution is 2.19. The van der Waals surface area contributed by atoms with E-state index >= 15 is 0 Å². The van der Waals surface area contributed by atoms with Gasteiger partial charge in [-0.25, -0.2) is 0 Å². The molecule has 4 amide bonds. The number of alkyl halides is 4. The first-order chi connectivity index (χ1) is 31.9. The molecule has 1 fully saturated rings. The van der Waals surface area contributed by atoms with Crippen LogP contribution in [-0.4, -0.2) is 146 Å². The van der Waals surface area contributed by atoms with Gasteiger partial charge < -0.3 is 51.9 Å². The van der Waals surface area contributed by atoms with Crippen LogP contribution in [0.3, 0.4) is 0 Å². The van der Waals surface area contributed by atoms with Crippen molar-refractivity contribution in [2.75, 3.05) is 85.7 Å². The van der Waals surface area contributed by atoms with Gasteiger partial charge in [0.2, 0.25) is 23.6 Å². The van der Waals surface area contributed by atoms with Crippen molar-refractivity contribution in [3.8, 4) is 0 Å². The van der Waals surface area contributed by atoms with E-state index in [0.29, 0.717) is 121 Å². The lowest BCUT2D eigenvalue weighted by Gasteiger charge is -2.23. The standard InChI is InChI=1S/C46H68Cl4N8O8/c47-21-28-57(29-22-48)35-15-9-33(10-16-35)13-19-39(45(63)64)51-25-3-1-6-37-43(61)53-27-5-8-41(59)55-38(44(62)54-32-42(60)56-37)7-2-4-26-52-40(46(65)66)20-14-34-11-17-36(18-12-34)58(30-23-49)31-24-50/h9-12,15-18,37-40,51-52H,1-8,13-14,19-32H2,(H,53,61)(H,54,62)(H,55,59)(H,56,60)(H,63,64)(H,65,66)/t37-,38-,39-,40-/m0/s1. The van der Waals surface area contributed by atoms with Gasteiger partial charge in [-0.05, 0) is 119 Å². The number of aliphatic carboxylic acids is 2. The first-order valence-electron chi connectivity index (χ1n) is 22.9. The van der Waals surface area contributed by atoms with Crippen LogP contribution in [0.4, 0.5) is 11.4 Å². The first-order valence-corrected chi connectivity index (χ1v) is 25.0. The largest absolute Gasteiger partial charge is 0.480 e. The van der Waals surface area contributed by atoms with E-state index in [1.54, 1.807) is 0 Å². The van der Waals surface area contributed by atoms with Crippen LogP contribution in [0, 0.1) is 0 Å². The zero-order valence-corrected chi connectivity index (χ0v) is 40.7. The van der Waals surface area contributed by atoms with Crippen molar-refractivity contribution in [3.63, 3.8) is 0 Å². The SMILES string of the molecule is O=C1CCCNC(=O)[C@H](CCCCN[C@@H](CCc2ccc(N(CCCl)CCCl)cc2)C(=O)O)NC(=O)CNC(=O)[C@H](CCCCN[C@@H](CCc2ccc(N(CCCl)CCCl)cc2)C(=O)O)N1. The van der Waals surface area contributed by atoms with Crippen molar-refractivity contribution in [3.05, 3.63) is 59.7 Å². The highest BCUT2D eigenvalue weighted by molar-refractivity contribution is 6.19. The zero-order valence-electron chi connectivity index (χ0n) is 37.6. The number of hydrogen-bond donors (Lipinski definition) is 8. The van der Waals surface area contributed by atoms with E-state index in [1.807, 2.05) is 48.5 Å². The van der Waals surface area contributed by atoms with Gasteiger partial charge in [0.1, 0.15) is 24.2 Å². The molecule has 16 nitrogen and oxygen atoms in total. The Morgan fingerprint density at radius 1 is 0.606 bits per heavy atom. The topological polar surface area (TPSA) is 222 Å². The van der Waals surface area contributed by atoms with Crippen LogP contribution >= 0.6 is 46.4 Å². The summed E-state index contributed by atoms with van der Waals surface area (Å²) in [5, 5.41) is 36.7. The van der Waals surface area contributed by atoms with Gasteiger partial charge in [0.15, 0.2) is 0 Å². The average molecular weight is 1000 g/mol. The summed E-state index contributed by atoms with van der Waals surface area (Å²) >= 11 is 23.7. The van der Waals surface area contributed by atoms with Gasteiger partial charge in [-0.15, -0.1) is 46.4 Å². The number of halogens is 4. The molecule has 0 saturated carbocycles. The van der Waals surface area contributed by atoms with Crippen LogP contribution in [0.2, 0.25) is 0 Å². The van der Waals surface area contributed by atoms with E-state index in [9.17, 15) is 39.0 Å². The fourth-order valence-electron chi connectivity index (χ4n) is 7.57. The predicted molar refractivity (Wildman–Crippen MR) is 263 cm³/mol. The Hall–Kier alpha value is -4.06. The minimum absolute atomic E-state index is 0.0637. The Balaban J connectivity index is 1.43. The average Bonchev–Trinajstić information content (AvgIpc) is 3.30. The maximum absolute atomic E-state index is 13.2. The van der Waals surface area contributed by atoms with Crippen LogP contribution in [-0.2, 0) is 41.6 Å². The van der Waals surface area contributed by atoms with Crippen LogP contribution < -0.4 is 41.7 Å². The third-order valence-electron chi connectivity index (χ3n) is 11.3. The molecule has 2 aromatic carbocycles. The number of benzene rings is 2. The van der Waals surface area contributed by atoms with Crippen LogP contribution in [0.1, 0.15) is 75.3 Å². The van der Waals surface area contributed by atoms with Gasteiger partial charge in [0.05, 0.1) is 6.54 Å². The van der Waals surface area contributed by atoms with Gasteiger partial charge in [-0.2, -0.15) is 0 Å². The molecular formula is C46H68Cl4N8O8. The van der Waals surface area contributed by atoms with E-state index in [-0.39, 0.29) is 31.7 Å². The molecule has 8 N–H and O–H groups in total. The molecule has 0 spiro atoms. The van der Waals surface area contributed by atoms with Gasteiger partial charge in [0.25, 0.3) is 0 Å². The Morgan fingerprint density at radius 3 is 1.42 bits per heavy atom. The number of unbranched alkanes of at least 4 members (excludes halogenated alkanes) is 2. The Kier molecular flexibility index (Phi) is 27.8. The van der Waals surface area contributed by atoms with Crippen LogP contribution in [0.15, 0.2) is 48.5 Å². The fourth-order valence-corrected chi connectivity index (χ4v) is 8.38. The van der Waals surface area contributed by atoms with Crippen molar-refractivity contribution in [2.45, 2.75) is 101 Å². The maximum atomic E-state index is 13.2. The number of aryl methyl sites for hydroxylation is 2. The quantitative estimate of drug-likeness (QED) is 0.0407. The summed E-state index contributed by atoms with van der Waals surface area (Å²) in [6.07, 6.45) is 4.84. The number of anilines is 2. The molecule has 0 aromatic heterocycles. The van der Waals surface area contributed by atoms with Gasteiger partial charge in [-0.3, -0.25) is 28.8 Å². The lowest BCUT2D eigenvalue weighted by molar-refractivity contribution is -0.140. The molecular weight excluding hydrogens is 934 g/mol. The van der Waals surface area contributed by atoms with E-state index in [0.717, 1.165) is 22.5 Å². The van der Waals surface area contributed by atoms with Crippen LogP contribution in [0.25, 0.3) is 0 Å². The number of nitrogens with one attached hydrogen (secondary N) is 6. The second-order valence-corrected chi connectivity index (χ2v) is 17.7. The van der Waals surface area contributed by atoms with Crippen molar-refractivity contribution >= 4 is 93.3 Å². The minimum Gasteiger partial charge on any atom is -0.480 e. The summed E-state index contributed by atoms with van der Waals surface area (Å²) in [6.45, 7) is 3.21. The fraction of sp³-hybridized carbons (Fsp3) is 0.609. The van der Waals surface area contributed by atoms with E-state index in [1.165, 1.54) is 0 Å². The molecule has 4 atom stereocenters. The summed E-state index contributed by atoms with van der Waals surface area (Å²) in [5.74, 6) is -1.92. The summed E-state index contributed by atoms with van der Waals surface area (Å²) in [6, 6.07) is 12.5. The van der Waals surface area contributed by atoms with Gasteiger partial charge >= 0.3 is 11.9 Å². The molecule has 20 heteroatoms. The first kappa shape index (κ1) is 56.3. The molecule has 66 heavy (non-hydrogen) atoms. The number of carboxylic acid groups (broad SMARTS) is 2. The van der Waals surface area contributed by atoms with Crippen molar-refractivity contribution < 1.29 is 39.0 Å². The number of nitrogens with zero attached hydrogens (tertiary/aromatic N) is 2. The number of carboxylic acids is 2. The minimum atomic E-state index is -0.961. The number of rotatable bonds is 30. The van der Waals surface area contributed by atoms with Gasteiger partial charge in [-0.1, -0.05) is 24.3 Å². The predicted octanol–water partition coefficient (Wildman–Crippen LogP) is 4.24. The molecule has 3 rings (SSSR count). The molecule has 1 saturated heterocycles. The number of hydrogen-bond acceptors (Lipinski definition) is 10. The monoisotopic (exact) mass is 1000 g/mol. The molecule has 0 unspecified atom stereocenters. The lowest BCUT2D eigenvalue weighted by Crippen LogP contribution is -2.53. The third-order valence-corrected chi connectivity index (χ3v) is 12.0. The smallest absolute Gasteiger partial charge is 0.320 e. The Labute approximate surface area is 408 Å². The summed E-state index contributed by atoms with van der Waals surface area (Å²) in [7, 11) is 0. The number of carbonyl (C=O) groups excluding carboxylic acids is 4. The lowest BCUT2D eigenvalue weighted by atomic mass is 10.0. The zero-order chi connectivity index (χ0) is 48.1. The van der Waals surface area contributed by atoms with Crippen molar-refractivity contribution in [2.24, 2.45) is 0 Å². The van der Waals surface area contributed by atoms with Gasteiger partial charge in [0, 0.05) is 74.0 Å². The molecule has 1 heterocycles. The molecule has 1 aliphatic heterocycles. The summed E-state index contributed by atoms with van der Waals surface area (Å²) in [4.78, 5) is 80.4. The number of carbonyl (C=O) groups is 6. The Morgan fingerprint density at radius 2 is 1.02 bits per heavy atom. The molecule has 0 radical (unpaired) electrons. The van der Waals surface area contributed by atoms with E-state index in [2.05, 4.69) is 41.7 Å². The normalized spacial score (nSPS) is 17.1. The van der Waals surface area contributed by atoms with E-state index < -0.39 is 60.4 Å². The highest BCUT2D eigenvalue weighted by atomic mass is 35.5. The molecule has 2 aromatic rings. The second kappa shape index (κ2) is 32.6. The third kappa shape index (κ3) is 21.7. The summed E-state index contributed by atoms with van der Waals surface area (Å²) in [5.41, 5.74) is 4.00. The Bertz CT molecular complexity index is 1770. The number of amides is 4. The molecule has 1 aliphatic rings. The highest BCUT2D eigenvalue weighted by Gasteiger charge is 2.25. The van der Waals surface area contributed by atoms with Crippen LogP contribution in [0.5, 0.6) is 0 Å². The second-order valence-electron chi connectivity index (χ2n) is 16.2. The molecule has 368 valence electrons. The molecule has 0 bridgehead atoms. The maximum Gasteiger partial charge on any atom is 0.320 e. The van der Waals surface area contributed by atoms with Crippen molar-refractivity contribution in [1.29, 1.82) is 0 Å². The summed E-state index contributed by atoms with van der Waals surface area (Å²) < 4.78 is 0. The van der Waals surface area contributed by atoms with E-state index in [4.69, 9.17) is 46.4 Å². The van der Waals surface area contributed by atoms with Crippen molar-refractivity contribution in [1.82, 2.24) is 31.9 Å².